The van der Waals surface area contributed by atoms with Gasteiger partial charge in [-0.15, -0.1) is 0 Å². The van der Waals surface area contributed by atoms with E-state index in [4.69, 9.17) is 0 Å². The van der Waals surface area contributed by atoms with E-state index in [9.17, 15) is 13.2 Å². The summed E-state index contributed by atoms with van der Waals surface area (Å²) in [5.74, 6) is -0.218. The molecule has 0 aliphatic heterocycles. The number of carbonyl (C=O) groups excluding carboxylic acids is 1. The number of hydrogen-bond acceptors (Lipinski definition) is 3. The molecule has 0 radical (unpaired) electrons. The first-order valence-electron chi connectivity index (χ1n) is 9.84. The molecule has 0 spiro atoms. The summed E-state index contributed by atoms with van der Waals surface area (Å²) in [5.41, 5.74) is 2.35. The minimum Gasteiger partial charge on any atom is -0.330 e. The van der Waals surface area contributed by atoms with Gasteiger partial charge in [-0.1, -0.05) is 66.7 Å². The number of carbonyl (C=O) groups is 1. The van der Waals surface area contributed by atoms with Crippen LogP contribution in [-0.2, 0) is 23.1 Å². The van der Waals surface area contributed by atoms with Crippen molar-refractivity contribution in [2.75, 3.05) is 0 Å². The second-order valence-electron chi connectivity index (χ2n) is 7.44. The third-order valence-electron chi connectivity index (χ3n) is 4.50. The smallest absolute Gasteiger partial charge is 0.254 e. The van der Waals surface area contributed by atoms with Crippen molar-refractivity contribution in [3.8, 4) is 0 Å². The van der Waals surface area contributed by atoms with Crippen LogP contribution >= 0.6 is 0 Å². The third-order valence-corrected chi connectivity index (χ3v) is 6.16. The van der Waals surface area contributed by atoms with Gasteiger partial charge in [0.2, 0.25) is 10.0 Å². The van der Waals surface area contributed by atoms with E-state index in [2.05, 4.69) is 4.72 Å². The Hall–Kier alpha value is -2.96. The maximum atomic E-state index is 13.4. The van der Waals surface area contributed by atoms with Gasteiger partial charge >= 0.3 is 0 Å². The standard InChI is InChI=1S/C24H26N2O3S/c1-19(2)25-30(28,29)23-15-9-14-22(16-23)24(27)26(17-20-10-5-3-6-11-20)18-21-12-7-4-8-13-21/h3-16,19,25H,17-18H2,1-2H3. The van der Waals surface area contributed by atoms with E-state index in [0.717, 1.165) is 11.1 Å². The normalized spacial score (nSPS) is 11.4. The summed E-state index contributed by atoms with van der Waals surface area (Å²) in [6.07, 6.45) is 0. The van der Waals surface area contributed by atoms with Gasteiger partial charge in [-0.25, -0.2) is 13.1 Å². The van der Waals surface area contributed by atoms with Crippen LogP contribution in [0.4, 0.5) is 0 Å². The lowest BCUT2D eigenvalue weighted by Crippen LogP contribution is -2.32. The molecule has 0 aliphatic carbocycles. The molecule has 0 heterocycles. The number of amides is 1. The Balaban J connectivity index is 1.91. The van der Waals surface area contributed by atoms with E-state index in [1.54, 1.807) is 30.9 Å². The molecule has 0 fully saturated rings. The molecule has 156 valence electrons. The first-order valence-corrected chi connectivity index (χ1v) is 11.3. The SMILES string of the molecule is CC(C)NS(=O)(=O)c1cccc(C(=O)N(Cc2ccccc2)Cc2ccccc2)c1. The molecule has 3 aromatic rings. The van der Waals surface area contributed by atoms with Crippen molar-refractivity contribution >= 4 is 15.9 Å². The summed E-state index contributed by atoms with van der Waals surface area (Å²) in [7, 11) is -3.68. The van der Waals surface area contributed by atoms with Gasteiger partial charge in [0.1, 0.15) is 0 Å². The highest BCUT2D eigenvalue weighted by molar-refractivity contribution is 7.89. The summed E-state index contributed by atoms with van der Waals surface area (Å²) in [5, 5.41) is 0. The van der Waals surface area contributed by atoms with Crippen LogP contribution in [0.2, 0.25) is 0 Å². The van der Waals surface area contributed by atoms with Crippen molar-refractivity contribution in [1.82, 2.24) is 9.62 Å². The fraction of sp³-hybridized carbons (Fsp3) is 0.208. The average molecular weight is 423 g/mol. The first kappa shape index (κ1) is 21.7. The molecule has 0 bridgehead atoms. The molecule has 0 unspecified atom stereocenters. The number of benzene rings is 3. The minimum absolute atomic E-state index is 0.0847. The first-order chi connectivity index (χ1) is 14.3. The van der Waals surface area contributed by atoms with Crippen molar-refractivity contribution in [2.45, 2.75) is 37.9 Å². The van der Waals surface area contributed by atoms with Crippen LogP contribution in [-0.4, -0.2) is 25.3 Å². The van der Waals surface area contributed by atoms with E-state index in [0.29, 0.717) is 18.7 Å². The second-order valence-corrected chi connectivity index (χ2v) is 9.15. The molecule has 5 nitrogen and oxygen atoms in total. The van der Waals surface area contributed by atoms with Crippen molar-refractivity contribution < 1.29 is 13.2 Å². The number of nitrogens with zero attached hydrogens (tertiary/aromatic N) is 1. The summed E-state index contributed by atoms with van der Waals surface area (Å²) in [6, 6.07) is 25.5. The molecule has 3 rings (SSSR count). The van der Waals surface area contributed by atoms with Gasteiger partial charge < -0.3 is 4.90 Å². The highest BCUT2D eigenvalue weighted by Crippen LogP contribution is 2.17. The number of hydrogen-bond donors (Lipinski definition) is 1. The van der Waals surface area contributed by atoms with E-state index in [1.165, 1.54) is 12.1 Å². The fourth-order valence-corrected chi connectivity index (χ4v) is 4.46. The molecule has 0 saturated carbocycles. The Labute approximate surface area is 178 Å². The van der Waals surface area contributed by atoms with Gasteiger partial charge in [0.15, 0.2) is 0 Å². The Morgan fingerprint density at radius 3 is 1.87 bits per heavy atom. The zero-order chi connectivity index (χ0) is 21.6. The number of sulfonamides is 1. The lowest BCUT2D eigenvalue weighted by atomic mass is 10.1. The summed E-state index contributed by atoms with van der Waals surface area (Å²) in [4.78, 5) is 15.2. The zero-order valence-electron chi connectivity index (χ0n) is 17.2. The highest BCUT2D eigenvalue weighted by atomic mass is 32.2. The number of rotatable bonds is 8. The van der Waals surface area contributed by atoms with E-state index in [-0.39, 0.29) is 16.8 Å². The molecule has 0 aromatic heterocycles. The third kappa shape index (κ3) is 5.78. The predicted octanol–water partition coefficient (Wildman–Crippen LogP) is 4.22. The topological polar surface area (TPSA) is 66.5 Å². The average Bonchev–Trinajstić information content (AvgIpc) is 2.73. The minimum atomic E-state index is -3.68. The second kappa shape index (κ2) is 9.69. The molecule has 3 aromatic carbocycles. The summed E-state index contributed by atoms with van der Waals surface area (Å²) < 4.78 is 27.6. The molecule has 0 atom stereocenters. The molecule has 6 heteroatoms. The van der Waals surface area contributed by atoms with Crippen LogP contribution in [0, 0.1) is 0 Å². The van der Waals surface area contributed by atoms with Crippen LogP contribution in [0.25, 0.3) is 0 Å². The summed E-state index contributed by atoms with van der Waals surface area (Å²) >= 11 is 0. The lowest BCUT2D eigenvalue weighted by Gasteiger charge is -2.23. The Morgan fingerprint density at radius 1 is 0.833 bits per heavy atom. The Morgan fingerprint density at radius 2 is 1.37 bits per heavy atom. The Bertz CT molecular complexity index is 1040. The largest absolute Gasteiger partial charge is 0.330 e. The van der Waals surface area contributed by atoms with Crippen LogP contribution in [0.3, 0.4) is 0 Å². The maximum absolute atomic E-state index is 13.4. The van der Waals surface area contributed by atoms with Crippen molar-refractivity contribution in [1.29, 1.82) is 0 Å². The fourth-order valence-electron chi connectivity index (χ4n) is 3.16. The van der Waals surface area contributed by atoms with E-state index < -0.39 is 10.0 Å². The van der Waals surface area contributed by atoms with Gasteiger partial charge in [-0.3, -0.25) is 4.79 Å². The number of nitrogens with one attached hydrogen (secondary N) is 1. The van der Waals surface area contributed by atoms with Gasteiger partial charge in [0, 0.05) is 24.7 Å². The monoisotopic (exact) mass is 422 g/mol. The molecule has 30 heavy (non-hydrogen) atoms. The van der Waals surface area contributed by atoms with Gasteiger partial charge in [0.25, 0.3) is 5.91 Å². The van der Waals surface area contributed by atoms with Crippen LogP contribution in [0.5, 0.6) is 0 Å². The van der Waals surface area contributed by atoms with Gasteiger partial charge in [0.05, 0.1) is 4.90 Å². The van der Waals surface area contributed by atoms with Crippen LogP contribution in [0.15, 0.2) is 89.8 Å². The van der Waals surface area contributed by atoms with Crippen LogP contribution < -0.4 is 4.72 Å². The van der Waals surface area contributed by atoms with Crippen molar-refractivity contribution in [3.05, 3.63) is 102 Å². The van der Waals surface area contributed by atoms with E-state index in [1.807, 2.05) is 60.7 Å². The maximum Gasteiger partial charge on any atom is 0.254 e. The van der Waals surface area contributed by atoms with Gasteiger partial charge in [-0.2, -0.15) is 0 Å². The predicted molar refractivity (Wildman–Crippen MR) is 118 cm³/mol. The molecular formula is C24H26N2O3S. The lowest BCUT2D eigenvalue weighted by molar-refractivity contribution is 0.0730. The molecule has 1 amide bonds. The Kier molecular flexibility index (Phi) is 7.03. The molecule has 1 N–H and O–H groups in total. The zero-order valence-corrected chi connectivity index (χ0v) is 18.0. The molecule has 0 saturated heterocycles. The molecular weight excluding hydrogens is 396 g/mol. The van der Waals surface area contributed by atoms with Gasteiger partial charge in [-0.05, 0) is 43.2 Å². The summed E-state index contributed by atoms with van der Waals surface area (Å²) in [6.45, 7) is 4.37. The quantitative estimate of drug-likeness (QED) is 0.591. The molecule has 0 aliphatic rings. The highest BCUT2D eigenvalue weighted by Gasteiger charge is 2.21. The van der Waals surface area contributed by atoms with Crippen molar-refractivity contribution in [3.63, 3.8) is 0 Å². The van der Waals surface area contributed by atoms with Crippen LogP contribution in [0.1, 0.15) is 35.3 Å². The van der Waals surface area contributed by atoms with Crippen molar-refractivity contribution in [2.24, 2.45) is 0 Å². The van der Waals surface area contributed by atoms with E-state index >= 15 is 0 Å².